The average Bonchev–Trinajstić information content (AvgIpc) is 2.03. The van der Waals surface area contributed by atoms with E-state index in [1.807, 2.05) is 0 Å². The van der Waals surface area contributed by atoms with Crippen LogP contribution in [0.2, 0.25) is 0 Å². The van der Waals surface area contributed by atoms with Gasteiger partial charge in [0.05, 0.1) is 12.2 Å². The van der Waals surface area contributed by atoms with Crippen molar-refractivity contribution < 1.29 is 10.2 Å². The van der Waals surface area contributed by atoms with E-state index in [0.29, 0.717) is 6.42 Å². The molecule has 72 valence electrons. The minimum Gasteiger partial charge on any atom is -0.391 e. The monoisotopic (exact) mass is 173 g/mol. The number of hydrogen-bond donors (Lipinski definition) is 3. The fourth-order valence-corrected chi connectivity index (χ4v) is 0.882. The van der Waals surface area contributed by atoms with Crippen LogP contribution in [0, 0.1) is 0 Å². The second-order valence-corrected chi connectivity index (χ2v) is 2.94. The van der Waals surface area contributed by atoms with Crippen molar-refractivity contribution in [3.63, 3.8) is 0 Å². The Morgan fingerprint density at radius 3 is 2.67 bits per heavy atom. The zero-order valence-corrected chi connectivity index (χ0v) is 7.66. The van der Waals surface area contributed by atoms with Crippen molar-refractivity contribution >= 4 is 0 Å². The van der Waals surface area contributed by atoms with E-state index >= 15 is 0 Å². The maximum absolute atomic E-state index is 9.19. The normalized spacial score (nSPS) is 15.6. The predicted octanol–water partition coefficient (Wildman–Crippen LogP) is 0.284. The van der Waals surface area contributed by atoms with Crippen LogP contribution in [0.5, 0.6) is 0 Å². The lowest BCUT2D eigenvalue weighted by Crippen LogP contribution is -2.24. The first-order chi connectivity index (χ1) is 5.68. The van der Waals surface area contributed by atoms with Gasteiger partial charge in [-0.25, -0.2) is 0 Å². The van der Waals surface area contributed by atoms with Crippen LogP contribution in [-0.4, -0.2) is 35.5 Å². The van der Waals surface area contributed by atoms with E-state index in [4.69, 9.17) is 5.11 Å². The Kier molecular flexibility index (Phi) is 7.05. The highest BCUT2D eigenvalue weighted by Gasteiger charge is 2.08. The maximum atomic E-state index is 9.19. The van der Waals surface area contributed by atoms with Crippen molar-refractivity contribution in [2.24, 2.45) is 0 Å². The lowest BCUT2D eigenvalue weighted by atomic mass is 10.1. The highest BCUT2D eigenvalue weighted by Crippen LogP contribution is 2.00. The predicted molar refractivity (Wildman–Crippen MR) is 50.0 cm³/mol. The molecule has 0 rings (SSSR count). The molecule has 0 aliphatic carbocycles. The number of aliphatic hydroxyl groups is 2. The van der Waals surface area contributed by atoms with Gasteiger partial charge in [0.2, 0.25) is 0 Å². The molecule has 3 heteroatoms. The second-order valence-electron chi connectivity index (χ2n) is 2.94. The molecule has 2 unspecified atom stereocenters. The van der Waals surface area contributed by atoms with Crippen molar-refractivity contribution in [1.82, 2.24) is 5.32 Å². The van der Waals surface area contributed by atoms with Crippen molar-refractivity contribution in [2.75, 3.05) is 13.1 Å². The summed E-state index contributed by atoms with van der Waals surface area (Å²) in [5.74, 6) is 0. The zero-order valence-electron chi connectivity index (χ0n) is 7.66. The van der Waals surface area contributed by atoms with Crippen LogP contribution >= 0.6 is 0 Å². The van der Waals surface area contributed by atoms with Gasteiger partial charge >= 0.3 is 0 Å². The molecule has 0 aliphatic rings. The van der Waals surface area contributed by atoms with Crippen LogP contribution in [0.1, 0.15) is 19.8 Å². The molecule has 12 heavy (non-hydrogen) atoms. The molecule has 0 aromatic carbocycles. The quantitative estimate of drug-likeness (QED) is 0.383. The molecule has 0 fully saturated rings. The standard InChI is InChI=1S/C9H19NO2/c1-3-6-10-7-4-5-9(12)8(2)11/h3,8-12H,1,4-7H2,2H3. The number of hydrogen-bond acceptors (Lipinski definition) is 3. The van der Waals surface area contributed by atoms with E-state index in [0.717, 1.165) is 19.5 Å². The molecule has 0 aromatic heterocycles. The Morgan fingerprint density at radius 2 is 2.17 bits per heavy atom. The van der Waals surface area contributed by atoms with Crippen LogP contribution in [-0.2, 0) is 0 Å². The van der Waals surface area contributed by atoms with E-state index < -0.39 is 12.2 Å². The lowest BCUT2D eigenvalue weighted by Gasteiger charge is -2.12. The molecule has 0 spiro atoms. The molecular formula is C9H19NO2. The van der Waals surface area contributed by atoms with Crippen molar-refractivity contribution in [2.45, 2.75) is 32.0 Å². The summed E-state index contributed by atoms with van der Waals surface area (Å²) >= 11 is 0. The Balaban J connectivity index is 3.13. The molecule has 2 atom stereocenters. The van der Waals surface area contributed by atoms with Gasteiger partial charge in [-0.2, -0.15) is 0 Å². The fraction of sp³-hybridized carbons (Fsp3) is 0.778. The third kappa shape index (κ3) is 6.34. The molecule has 3 N–H and O–H groups in total. The van der Waals surface area contributed by atoms with Crippen LogP contribution < -0.4 is 5.32 Å². The molecule has 0 amide bonds. The van der Waals surface area contributed by atoms with Gasteiger partial charge in [-0.1, -0.05) is 6.08 Å². The van der Waals surface area contributed by atoms with Gasteiger partial charge in [0.25, 0.3) is 0 Å². The Bertz CT molecular complexity index is 115. The summed E-state index contributed by atoms with van der Waals surface area (Å²) in [6, 6.07) is 0. The van der Waals surface area contributed by atoms with E-state index in [2.05, 4.69) is 11.9 Å². The second kappa shape index (κ2) is 7.28. The summed E-state index contributed by atoms with van der Waals surface area (Å²) in [6.07, 6.45) is 2.10. The summed E-state index contributed by atoms with van der Waals surface area (Å²) < 4.78 is 0. The third-order valence-electron chi connectivity index (χ3n) is 1.70. The highest BCUT2D eigenvalue weighted by atomic mass is 16.3. The average molecular weight is 173 g/mol. The van der Waals surface area contributed by atoms with Crippen molar-refractivity contribution in [3.05, 3.63) is 12.7 Å². The van der Waals surface area contributed by atoms with E-state index in [-0.39, 0.29) is 0 Å². The van der Waals surface area contributed by atoms with Gasteiger partial charge in [-0.3, -0.25) is 0 Å². The first-order valence-electron chi connectivity index (χ1n) is 4.36. The van der Waals surface area contributed by atoms with Crippen LogP contribution in [0.15, 0.2) is 12.7 Å². The summed E-state index contributed by atoms with van der Waals surface area (Å²) in [5, 5.41) is 21.2. The molecule has 0 radical (unpaired) electrons. The first-order valence-corrected chi connectivity index (χ1v) is 4.36. The Labute approximate surface area is 74.1 Å². The first kappa shape index (κ1) is 11.6. The minimum atomic E-state index is -0.621. The van der Waals surface area contributed by atoms with Crippen LogP contribution in [0.4, 0.5) is 0 Å². The molecule has 0 saturated heterocycles. The Hall–Kier alpha value is -0.380. The third-order valence-corrected chi connectivity index (χ3v) is 1.70. The van der Waals surface area contributed by atoms with Gasteiger partial charge in [-0.15, -0.1) is 6.58 Å². The fourth-order valence-electron chi connectivity index (χ4n) is 0.882. The molecular weight excluding hydrogens is 154 g/mol. The molecule has 0 aliphatic heterocycles. The van der Waals surface area contributed by atoms with Gasteiger partial charge < -0.3 is 15.5 Å². The van der Waals surface area contributed by atoms with Crippen LogP contribution in [0.3, 0.4) is 0 Å². The van der Waals surface area contributed by atoms with E-state index in [9.17, 15) is 5.11 Å². The van der Waals surface area contributed by atoms with E-state index in [1.54, 1.807) is 13.0 Å². The summed E-state index contributed by atoms with van der Waals surface area (Å²) in [5.41, 5.74) is 0. The smallest absolute Gasteiger partial charge is 0.0796 e. The summed E-state index contributed by atoms with van der Waals surface area (Å²) in [6.45, 7) is 6.82. The van der Waals surface area contributed by atoms with Gasteiger partial charge in [-0.05, 0) is 26.3 Å². The summed E-state index contributed by atoms with van der Waals surface area (Å²) in [4.78, 5) is 0. The van der Waals surface area contributed by atoms with Crippen molar-refractivity contribution in [3.8, 4) is 0 Å². The van der Waals surface area contributed by atoms with Gasteiger partial charge in [0.15, 0.2) is 0 Å². The zero-order chi connectivity index (χ0) is 9.40. The lowest BCUT2D eigenvalue weighted by molar-refractivity contribution is 0.0252. The SMILES string of the molecule is C=CCNCCCC(O)C(C)O. The Morgan fingerprint density at radius 1 is 1.50 bits per heavy atom. The van der Waals surface area contributed by atoms with Crippen LogP contribution in [0.25, 0.3) is 0 Å². The van der Waals surface area contributed by atoms with E-state index in [1.165, 1.54) is 0 Å². The number of nitrogens with one attached hydrogen (secondary N) is 1. The number of rotatable bonds is 7. The molecule has 0 bridgehead atoms. The van der Waals surface area contributed by atoms with Gasteiger partial charge in [0.1, 0.15) is 0 Å². The number of aliphatic hydroxyl groups excluding tert-OH is 2. The molecule has 0 heterocycles. The molecule has 0 aromatic rings. The molecule has 0 saturated carbocycles. The minimum absolute atomic E-state index is 0.587. The molecule has 3 nitrogen and oxygen atoms in total. The van der Waals surface area contributed by atoms with Crippen molar-refractivity contribution in [1.29, 1.82) is 0 Å². The maximum Gasteiger partial charge on any atom is 0.0796 e. The summed E-state index contributed by atoms with van der Waals surface area (Å²) in [7, 11) is 0. The van der Waals surface area contributed by atoms with Gasteiger partial charge in [0, 0.05) is 6.54 Å². The highest BCUT2D eigenvalue weighted by molar-refractivity contribution is 4.70. The topological polar surface area (TPSA) is 52.5 Å². The largest absolute Gasteiger partial charge is 0.391 e.